The van der Waals surface area contributed by atoms with Crippen LogP contribution < -0.4 is 4.74 Å². The van der Waals surface area contributed by atoms with Crippen molar-refractivity contribution in [2.75, 3.05) is 32.7 Å². The summed E-state index contributed by atoms with van der Waals surface area (Å²) < 4.78 is 6.04. The van der Waals surface area contributed by atoms with Gasteiger partial charge in [0, 0.05) is 26.2 Å². The number of carbonyl (C=O) groups is 1. The summed E-state index contributed by atoms with van der Waals surface area (Å²) >= 11 is 0. The predicted octanol–water partition coefficient (Wildman–Crippen LogP) is 2.62. The molecule has 0 unspecified atom stereocenters. The monoisotopic (exact) mass is 304 g/mol. The SMILES string of the molecule is CC[C@@H](Oc1cc(C)ccc1C)C(=O)N1CCN(CC)CC1. The summed E-state index contributed by atoms with van der Waals surface area (Å²) in [6, 6.07) is 6.12. The van der Waals surface area contributed by atoms with Gasteiger partial charge >= 0.3 is 0 Å². The minimum Gasteiger partial charge on any atom is -0.480 e. The van der Waals surface area contributed by atoms with Crippen molar-refractivity contribution in [3.8, 4) is 5.75 Å². The normalized spacial score (nSPS) is 17.4. The van der Waals surface area contributed by atoms with Crippen molar-refractivity contribution in [3.63, 3.8) is 0 Å². The molecule has 1 atom stereocenters. The highest BCUT2D eigenvalue weighted by Crippen LogP contribution is 2.22. The summed E-state index contributed by atoms with van der Waals surface area (Å²) in [5, 5.41) is 0. The first-order chi connectivity index (χ1) is 10.5. The van der Waals surface area contributed by atoms with E-state index in [2.05, 4.69) is 17.9 Å². The van der Waals surface area contributed by atoms with Crippen molar-refractivity contribution in [1.82, 2.24) is 9.80 Å². The van der Waals surface area contributed by atoms with Gasteiger partial charge in [-0.05, 0) is 44.0 Å². The van der Waals surface area contributed by atoms with Crippen LogP contribution in [0.2, 0.25) is 0 Å². The fourth-order valence-corrected chi connectivity index (χ4v) is 2.78. The highest BCUT2D eigenvalue weighted by Gasteiger charge is 2.27. The maximum atomic E-state index is 12.7. The molecule has 1 amide bonds. The van der Waals surface area contributed by atoms with E-state index in [1.54, 1.807) is 0 Å². The van der Waals surface area contributed by atoms with Crippen LogP contribution in [0.1, 0.15) is 31.4 Å². The Kier molecular flexibility index (Phi) is 5.83. The van der Waals surface area contributed by atoms with Gasteiger partial charge in [-0.2, -0.15) is 0 Å². The second kappa shape index (κ2) is 7.63. The zero-order chi connectivity index (χ0) is 16.1. The predicted molar refractivity (Wildman–Crippen MR) is 89.3 cm³/mol. The number of likely N-dealkylation sites (N-methyl/N-ethyl adjacent to an activating group) is 1. The molecule has 1 aliphatic rings. The van der Waals surface area contributed by atoms with Gasteiger partial charge in [0.1, 0.15) is 5.75 Å². The fraction of sp³-hybridized carbons (Fsp3) is 0.611. The Hall–Kier alpha value is -1.55. The first kappa shape index (κ1) is 16.8. The second-order valence-electron chi connectivity index (χ2n) is 6.04. The number of carbonyl (C=O) groups excluding carboxylic acids is 1. The van der Waals surface area contributed by atoms with Gasteiger partial charge in [0.05, 0.1) is 0 Å². The molecule has 0 N–H and O–H groups in total. The molecule has 0 aromatic heterocycles. The molecule has 1 fully saturated rings. The lowest BCUT2D eigenvalue weighted by Crippen LogP contribution is -2.52. The van der Waals surface area contributed by atoms with Crippen molar-refractivity contribution >= 4 is 5.91 Å². The van der Waals surface area contributed by atoms with Crippen LogP contribution in [0.15, 0.2) is 18.2 Å². The minimum atomic E-state index is -0.381. The van der Waals surface area contributed by atoms with E-state index in [1.807, 2.05) is 37.8 Å². The summed E-state index contributed by atoms with van der Waals surface area (Å²) in [6.07, 6.45) is 0.314. The first-order valence-electron chi connectivity index (χ1n) is 8.30. The van der Waals surface area contributed by atoms with E-state index in [-0.39, 0.29) is 12.0 Å². The second-order valence-corrected chi connectivity index (χ2v) is 6.04. The summed E-state index contributed by atoms with van der Waals surface area (Å²) in [7, 11) is 0. The van der Waals surface area contributed by atoms with Gasteiger partial charge in [0.15, 0.2) is 6.10 Å². The Bertz CT molecular complexity index is 508. The lowest BCUT2D eigenvalue weighted by atomic mass is 10.1. The lowest BCUT2D eigenvalue weighted by Gasteiger charge is -2.35. The van der Waals surface area contributed by atoms with Crippen LogP contribution in [0.5, 0.6) is 5.75 Å². The average molecular weight is 304 g/mol. The van der Waals surface area contributed by atoms with Crippen LogP contribution in [-0.2, 0) is 4.79 Å². The average Bonchev–Trinajstić information content (AvgIpc) is 2.55. The Morgan fingerprint density at radius 3 is 2.45 bits per heavy atom. The number of aryl methyl sites for hydroxylation is 2. The van der Waals surface area contributed by atoms with E-state index in [1.165, 1.54) is 0 Å². The molecule has 1 aromatic carbocycles. The summed E-state index contributed by atoms with van der Waals surface area (Å²) in [5.41, 5.74) is 2.23. The number of hydrogen-bond donors (Lipinski definition) is 0. The van der Waals surface area contributed by atoms with Gasteiger partial charge in [-0.25, -0.2) is 0 Å². The molecule has 0 radical (unpaired) electrons. The molecule has 1 aromatic rings. The highest BCUT2D eigenvalue weighted by atomic mass is 16.5. The van der Waals surface area contributed by atoms with Crippen LogP contribution in [0.4, 0.5) is 0 Å². The number of benzene rings is 1. The lowest BCUT2D eigenvalue weighted by molar-refractivity contribution is -0.140. The van der Waals surface area contributed by atoms with Crippen LogP contribution in [0.25, 0.3) is 0 Å². The number of nitrogens with zero attached hydrogens (tertiary/aromatic N) is 2. The van der Waals surface area contributed by atoms with Crippen LogP contribution in [0.3, 0.4) is 0 Å². The van der Waals surface area contributed by atoms with Gasteiger partial charge in [-0.3, -0.25) is 4.79 Å². The van der Waals surface area contributed by atoms with Gasteiger partial charge < -0.3 is 14.5 Å². The van der Waals surface area contributed by atoms with Crippen molar-refractivity contribution < 1.29 is 9.53 Å². The van der Waals surface area contributed by atoms with Gasteiger partial charge in [0.25, 0.3) is 5.91 Å². The summed E-state index contributed by atoms with van der Waals surface area (Å²) in [5.74, 6) is 0.951. The van der Waals surface area contributed by atoms with Crippen molar-refractivity contribution in [2.24, 2.45) is 0 Å². The fourth-order valence-electron chi connectivity index (χ4n) is 2.78. The molecule has 0 aliphatic carbocycles. The number of amides is 1. The molecule has 0 bridgehead atoms. The molecule has 22 heavy (non-hydrogen) atoms. The van der Waals surface area contributed by atoms with E-state index in [0.29, 0.717) is 6.42 Å². The molecule has 0 saturated carbocycles. The molecular weight excluding hydrogens is 276 g/mol. The van der Waals surface area contributed by atoms with Gasteiger partial charge in [-0.15, -0.1) is 0 Å². The zero-order valence-electron chi connectivity index (χ0n) is 14.3. The molecule has 1 aliphatic heterocycles. The smallest absolute Gasteiger partial charge is 0.263 e. The van der Waals surface area contributed by atoms with E-state index in [4.69, 9.17) is 4.74 Å². The van der Waals surface area contributed by atoms with E-state index in [9.17, 15) is 4.79 Å². The van der Waals surface area contributed by atoms with Crippen LogP contribution >= 0.6 is 0 Å². The standard InChI is InChI=1S/C18H28N2O2/c1-5-16(22-17-13-14(3)7-8-15(17)4)18(21)20-11-9-19(6-2)10-12-20/h7-8,13,16H,5-6,9-12H2,1-4H3/t16-/m1/s1. The minimum absolute atomic E-state index is 0.124. The Balaban J connectivity index is 2.02. The quantitative estimate of drug-likeness (QED) is 0.838. The maximum absolute atomic E-state index is 12.7. The molecule has 4 heteroatoms. The van der Waals surface area contributed by atoms with E-state index < -0.39 is 0 Å². The number of rotatable bonds is 5. The Morgan fingerprint density at radius 2 is 1.86 bits per heavy atom. The van der Waals surface area contributed by atoms with Gasteiger partial charge in [-0.1, -0.05) is 26.0 Å². The van der Waals surface area contributed by atoms with Crippen LogP contribution in [-0.4, -0.2) is 54.5 Å². The van der Waals surface area contributed by atoms with E-state index in [0.717, 1.165) is 49.6 Å². The van der Waals surface area contributed by atoms with Crippen molar-refractivity contribution in [2.45, 2.75) is 40.2 Å². The first-order valence-corrected chi connectivity index (χ1v) is 8.30. The molecule has 1 heterocycles. The molecule has 4 nitrogen and oxygen atoms in total. The van der Waals surface area contributed by atoms with Crippen molar-refractivity contribution in [3.05, 3.63) is 29.3 Å². The molecule has 0 spiro atoms. The van der Waals surface area contributed by atoms with E-state index >= 15 is 0 Å². The third-order valence-corrected chi connectivity index (χ3v) is 4.39. The summed E-state index contributed by atoms with van der Waals surface area (Å²) in [4.78, 5) is 17.0. The maximum Gasteiger partial charge on any atom is 0.263 e. The van der Waals surface area contributed by atoms with Crippen LogP contribution in [0, 0.1) is 13.8 Å². The molecule has 122 valence electrons. The number of piperazine rings is 1. The summed E-state index contributed by atoms with van der Waals surface area (Å²) in [6.45, 7) is 12.8. The van der Waals surface area contributed by atoms with Crippen molar-refractivity contribution in [1.29, 1.82) is 0 Å². The highest BCUT2D eigenvalue weighted by molar-refractivity contribution is 5.81. The number of ether oxygens (including phenoxy) is 1. The third kappa shape index (κ3) is 4.01. The van der Waals surface area contributed by atoms with Gasteiger partial charge in [0.2, 0.25) is 0 Å². The molecular formula is C18H28N2O2. The Morgan fingerprint density at radius 1 is 1.18 bits per heavy atom. The molecule has 1 saturated heterocycles. The Labute approximate surface area is 134 Å². The third-order valence-electron chi connectivity index (χ3n) is 4.39. The topological polar surface area (TPSA) is 32.8 Å². The zero-order valence-corrected chi connectivity index (χ0v) is 14.3. The number of hydrogen-bond acceptors (Lipinski definition) is 3. The largest absolute Gasteiger partial charge is 0.480 e. The molecule has 2 rings (SSSR count).